The SMILES string of the molecule is CCCCCCCn1nncc1-c1cccc(F)c1. The van der Waals surface area contributed by atoms with E-state index >= 15 is 0 Å². The predicted molar refractivity (Wildman–Crippen MR) is 74.2 cm³/mol. The monoisotopic (exact) mass is 261 g/mol. The lowest BCUT2D eigenvalue weighted by molar-refractivity contribution is 0.524. The van der Waals surface area contributed by atoms with Crippen LogP contribution >= 0.6 is 0 Å². The molecule has 2 rings (SSSR count). The van der Waals surface area contributed by atoms with Crippen molar-refractivity contribution >= 4 is 0 Å². The van der Waals surface area contributed by atoms with Crippen LogP contribution in [0.25, 0.3) is 11.3 Å². The fourth-order valence-corrected chi connectivity index (χ4v) is 2.16. The summed E-state index contributed by atoms with van der Waals surface area (Å²) in [5, 5.41) is 8.02. The summed E-state index contributed by atoms with van der Waals surface area (Å²) in [4.78, 5) is 0. The molecule has 0 N–H and O–H groups in total. The highest BCUT2D eigenvalue weighted by molar-refractivity contribution is 5.58. The molecule has 0 spiro atoms. The topological polar surface area (TPSA) is 30.7 Å². The summed E-state index contributed by atoms with van der Waals surface area (Å²) in [5.41, 5.74) is 1.72. The third kappa shape index (κ3) is 3.88. The Labute approximate surface area is 113 Å². The van der Waals surface area contributed by atoms with E-state index in [0.717, 1.165) is 24.2 Å². The minimum atomic E-state index is -0.229. The quantitative estimate of drug-likeness (QED) is 0.704. The van der Waals surface area contributed by atoms with Crippen LogP contribution in [0.15, 0.2) is 30.5 Å². The molecule has 0 saturated carbocycles. The predicted octanol–water partition coefficient (Wildman–Crippen LogP) is 4.05. The molecule has 0 atom stereocenters. The normalized spacial score (nSPS) is 10.8. The lowest BCUT2D eigenvalue weighted by Gasteiger charge is -2.06. The highest BCUT2D eigenvalue weighted by Gasteiger charge is 2.07. The van der Waals surface area contributed by atoms with Gasteiger partial charge in [0.15, 0.2) is 0 Å². The number of halogens is 1. The Morgan fingerprint density at radius 1 is 1.16 bits per heavy atom. The van der Waals surface area contributed by atoms with Crippen LogP contribution in [0.3, 0.4) is 0 Å². The van der Waals surface area contributed by atoms with E-state index in [1.165, 1.54) is 37.8 Å². The summed E-state index contributed by atoms with van der Waals surface area (Å²) in [6.45, 7) is 3.05. The molecule has 3 nitrogen and oxygen atoms in total. The van der Waals surface area contributed by atoms with Crippen molar-refractivity contribution in [1.29, 1.82) is 0 Å². The van der Waals surface area contributed by atoms with Crippen molar-refractivity contribution in [3.05, 3.63) is 36.3 Å². The molecule has 1 aromatic heterocycles. The lowest BCUT2D eigenvalue weighted by Crippen LogP contribution is -2.02. The molecule has 0 unspecified atom stereocenters. The standard InChI is InChI=1S/C15H20FN3/c1-2-3-4-5-6-10-19-15(12-17-18-19)13-8-7-9-14(16)11-13/h7-9,11-12H,2-6,10H2,1H3. The van der Waals surface area contributed by atoms with Crippen LogP contribution in [-0.2, 0) is 6.54 Å². The molecule has 0 saturated heterocycles. The molecule has 1 aromatic carbocycles. The molecule has 0 aliphatic carbocycles. The van der Waals surface area contributed by atoms with Crippen molar-refractivity contribution in [2.75, 3.05) is 0 Å². The number of hydrogen-bond acceptors (Lipinski definition) is 2. The second kappa shape index (κ2) is 7.02. The van der Waals surface area contributed by atoms with Crippen molar-refractivity contribution in [2.45, 2.75) is 45.6 Å². The summed E-state index contributed by atoms with van der Waals surface area (Å²) in [6.07, 6.45) is 7.79. The van der Waals surface area contributed by atoms with E-state index in [9.17, 15) is 4.39 Å². The van der Waals surface area contributed by atoms with Crippen LogP contribution in [0, 0.1) is 5.82 Å². The van der Waals surface area contributed by atoms with Crippen LogP contribution in [-0.4, -0.2) is 15.0 Å². The Morgan fingerprint density at radius 3 is 2.79 bits per heavy atom. The molecule has 0 aliphatic rings. The number of unbranched alkanes of at least 4 members (excludes halogenated alkanes) is 4. The Bertz CT molecular complexity index is 508. The van der Waals surface area contributed by atoms with Crippen molar-refractivity contribution in [3.63, 3.8) is 0 Å². The zero-order valence-electron chi connectivity index (χ0n) is 11.3. The molecule has 0 aliphatic heterocycles. The maximum absolute atomic E-state index is 13.2. The van der Waals surface area contributed by atoms with Crippen LogP contribution < -0.4 is 0 Å². The van der Waals surface area contributed by atoms with Crippen molar-refractivity contribution in [1.82, 2.24) is 15.0 Å². The molecule has 0 amide bonds. The van der Waals surface area contributed by atoms with Crippen molar-refractivity contribution in [3.8, 4) is 11.3 Å². The number of hydrogen-bond donors (Lipinski definition) is 0. The minimum absolute atomic E-state index is 0.229. The van der Waals surface area contributed by atoms with Gasteiger partial charge in [-0.1, -0.05) is 50.0 Å². The van der Waals surface area contributed by atoms with Gasteiger partial charge in [-0.2, -0.15) is 0 Å². The number of aromatic nitrogens is 3. The Morgan fingerprint density at radius 2 is 2.00 bits per heavy atom. The van der Waals surface area contributed by atoms with Crippen LogP contribution in [0.1, 0.15) is 39.0 Å². The maximum Gasteiger partial charge on any atom is 0.123 e. The summed E-state index contributed by atoms with van der Waals surface area (Å²) >= 11 is 0. The minimum Gasteiger partial charge on any atom is -0.245 e. The average molecular weight is 261 g/mol. The van der Waals surface area contributed by atoms with Gasteiger partial charge in [-0.3, -0.25) is 0 Å². The summed E-state index contributed by atoms with van der Waals surface area (Å²) < 4.78 is 15.1. The summed E-state index contributed by atoms with van der Waals surface area (Å²) in [6, 6.07) is 6.56. The number of benzene rings is 1. The maximum atomic E-state index is 13.2. The van der Waals surface area contributed by atoms with Crippen molar-refractivity contribution < 1.29 is 4.39 Å². The van der Waals surface area contributed by atoms with Gasteiger partial charge in [0, 0.05) is 12.1 Å². The van der Waals surface area contributed by atoms with Crippen molar-refractivity contribution in [2.24, 2.45) is 0 Å². The van der Waals surface area contributed by atoms with Gasteiger partial charge < -0.3 is 0 Å². The van der Waals surface area contributed by atoms with E-state index < -0.39 is 0 Å². The van der Waals surface area contributed by atoms with E-state index in [1.54, 1.807) is 12.3 Å². The van der Waals surface area contributed by atoms with Gasteiger partial charge >= 0.3 is 0 Å². The molecule has 0 bridgehead atoms. The summed E-state index contributed by atoms with van der Waals surface area (Å²) in [7, 11) is 0. The zero-order chi connectivity index (χ0) is 13.5. The first-order valence-corrected chi connectivity index (χ1v) is 6.95. The van der Waals surface area contributed by atoms with Crippen LogP contribution in [0.4, 0.5) is 4.39 Å². The first kappa shape index (κ1) is 13.7. The lowest BCUT2D eigenvalue weighted by atomic mass is 10.1. The number of nitrogens with zero attached hydrogens (tertiary/aromatic N) is 3. The smallest absolute Gasteiger partial charge is 0.123 e. The molecule has 0 fully saturated rings. The van der Waals surface area contributed by atoms with Gasteiger partial charge in [0.2, 0.25) is 0 Å². The fourth-order valence-electron chi connectivity index (χ4n) is 2.16. The average Bonchev–Trinajstić information content (AvgIpc) is 2.87. The van der Waals surface area contributed by atoms with E-state index in [0.29, 0.717) is 0 Å². The molecule has 102 valence electrons. The van der Waals surface area contributed by atoms with Gasteiger partial charge in [0.1, 0.15) is 5.82 Å². The van der Waals surface area contributed by atoms with Gasteiger partial charge in [0.25, 0.3) is 0 Å². The third-order valence-electron chi connectivity index (χ3n) is 3.21. The first-order chi connectivity index (χ1) is 9.31. The first-order valence-electron chi connectivity index (χ1n) is 6.95. The van der Waals surface area contributed by atoms with Crippen LogP contribution in [0.5, 0.6) is 0 Å². The molecular weight excluding hydrogens is 241 g/mol. The third-order valence-corrected chi connectivity index (χ3v) is 3.21. The number of aryl methyl sites for hydroxylation is 1. The second-order valence-electron chi connectivity index (χ2n) is 4.77. The van der Waals surface area contributed by atoms with Gasteiger partial charge in [0.05, 0.1) is 11.9 Å². The highest BCUT2D eigenvalue weighted by atomic mass is 19.1. The van der Waals surface area contributed by atoms with Gasteiger partial charge in [-0.15, -0.1) is 5.10 Å². The number of rotatable bonds is 7. The van der Waals surface area contributed by atoms with Gasteiger partial charge in [-0.25, -0.2) is 9.07 Å². The second-order valence-corrected chi connectivity index (χ2v) is 4.77. The van der Waals surface area contributed by atoms with Gasteiger partial charge in [-0.05, 0) is 18.6 Å². The fraction of sp³-hybridized carbons (Fsp3) is 0.467. The Balaban J connectivity index is 1.98. The van der Waals surface area contributed by atoms with E-state index in [2.05, 4.69) is 17.2 Å². The Hall–Kier alpha value is -1.71. The van der Waals surface area contributed by atoms with Crippen LogP contribution in [0.2, 0.25) is 0 Å². The van der Waals surface area contributed by atoms with E-state index in [-0.39, 0.29) is 5.82 Å². The highest BCUT2D eigenvalue weighted by Crippen LogP contribution is 2.19. The summed E-state index contributed by atoms with van der Waals surface area (Å²) in [5.74, 6) is -0.229. The molecular formula is C15H20FN3. The molecule has 19 heavy (non-hydrogen) atoms. The molecule has 0 radical (unpaired) electrons. The molecule has 2 aromatic rings. The molecule has 4 heteroatoms. The largest absolute Gasteiger partial charge is 0.245 e. The van der Waals surface area contributed by atoms with E-state index in [1.807, 2.05) is 10.7 Å². The zero-order valence-corrected chi connectivity index (χ0v) is 11.3. The van der Waals surface area contributed by atoms with E-state index in [4.69, 9.17) is 0 Å². The Kier molecular flexibility index (Phi) is 5.07. The molecule has 1 heterocycles.